The first kappa shape index (κ1) is 23.0. The van der Waals surface area contributed by atoms with Crippen LogP contribution in [0.3, 0.4) is 0 Å². The Bertz CT molecular complexity index is 946. The molecule has 0 heterocycles. The second kappa shape index (κ2) is 8.99. The van der Waals surface area contributed by atoms with Gasteiger partial charge in [-0.15, -0.1) is 13.2 Å². The van der Waals surface area contributed by atoms with Crippen molar-refractivity contribution in [1.82, 2.24) is 0 Å². The van der Waals surface area contributed by atoms with E-state index in [4.69, 9.17) is 0 Å². The largest absolute Gasteiger partial charge is 0.573 e. The van der Waals surface area contributed by atoms with Gasteiger partial charge in [-0.3, -0.25) is 0 Å². The molecule has 1 nitrogen and oxygen atoms in total. The summed E-state index contributed by atoms with van der Waals surface area (Å²) in [6.45, 7) is 2.23. The molecule has 4 rings (SSSR count). The van der Waals surface area contributed by atoms with Crippen LogP contribution in [0.4, 0.5) is 26.3 Å². The Labute approximate surface area is 183 Å². The average molecular weight is 456 g/mol. The molecule has 0 aromatic heterocycles. The topological polar surface area (TPSA) is 9.23 Å². The number of hydrogen-bond donors (Lipinski definition) is 0. The van der Waals surface area contributed by atoms with Crippen molar-refractivity contribution >= 4 is 0 Å². The molecular weight excluding hydrogens is 430 g/mol. The van der Waals surface area contributed by atoms with Crippen LogP contribution in [0.5, 0.6) is 5.75 Å². The fraction of sp³-hybridized carbons (Fsp3) is 0.520. The second-order valence-corrected chi connectivity index (χ2v) is 9.17. The van der Waals surface area contributed by atoms with E-state index in [0.29, 0.717) is 23.5 Å². The van der Waals surface area contributed by atoms with Gasteiger partial charge in [0.2, 0.25) is 0 Å². The lowest BCUT2D eigenvalue weighted by Gasteiger charge is -2.42. The van der Waals surface area contributed by atoms with Crippen molar-refractivity contribution in [2.45, 2.75) is 64.1 Å². The molecule has 4 unspecified atom stereocenters. The zero-order valence-corrected chi connectivity index (χ0v) is 17.8. The number of fused-ring (bicyclic) bond motifs is 1. The third-order valence-corrected chi connectivity index (χ3v) is 7.28. The highest BCUT2D eigenvalue weighted by Gasteiger charge is 2.36. The molecule has 0 amide bonds. The van der Waals surface area contributed by atoms with Crippen LogP contribution >= 0.6 is 0 Å². The normalized spacial score (nSPS) is 26.0. The zero-order chi connectivity index (χ0) is 23.0. The quantitative estimate of drug-likeness (QED) is 0.420. The van der Waals surface area contributed by atoms with Gasteiger partial charge in [0.05, 0.1) is 5.56 Å². The molecule has 0 aliphatic heterocycles. The van der Waals surface area contributed by atoms with E-state index >= 15 is 0 Å². The molecule has 2 aliphatic rings. The fourth-order valence-corrected chi connectivity index (χ4v) is 5.63. The van der Waals surface area contributed by atoms with Gasteiger partial charge in [-0.1, -0.05) is 25.8 Å². The summed E-state index contributed by atoms with van der Waals surface area (Å²) < 4.78 is 84.4. The maximum atomic E-state index is 14.9. The minimum absolute atomic E-state index is 0.0757. The maximum Gasteiger partial charge on any atom is 0.573 e. The first-order valence-corrected chi connectivity index (χ1v) is 11.2. The predicted octanol–water partition coefficient (Wildman–Crippen LogP) is 8.38. The Morgan fingerprint density at radius 3 is 2.12 bits per heavy atom. The molecule has 0 radical (unpaired) electrons. The van der Waals surface area contributed by atoms with Crippen molar-refractivity contribution < 1.29 is 31.1 Å². The molecular formula is C25H26F6O. The molecule has 0 saturated heterocycles. The van der Waals surface area contributed by atoms with Crippen molar-refractivity contribution in [2.75, 3.05) is 0 Å². The maximum absolute atomic E-state index is 14.9. The van der Waals surface area contributed by atoms with Gasteiger partial charge in [-0.2, -0.15) is 0 Å². The lowest BCUT2D eigenvalue weighted by Crippen LogP contribution is -2.30. The zero-order valence-electron chi connectivity index (χ0n) is 17.8. The van der Waals surface area contributed by atoms with E-state index in [2.05, 4.69) is 11.7 Å². The van der Waals surface area contributed by atoms with Gasteiger partial charge in [-0.25, -0.2) is 13.2 Å². The van der Waals surface area contributed by atoms with E-state index in [9.17, 15) is 26.3 Å². The van der Waals surface area contributed by atoms with Crippen LogP contribution in [0.15, 0.2) is 30.3 Å². The lowest BCUT2D eigenvalue weighted by molar-refractivity contribution is -0.275. The van der Waals surface area contributed by atoms with E-state index in [0.717, 1.165) is 43.7 Å². The summed E-state index contributed by atoms with van der Waals surface area (Å²) in [5, 5.41) is 0. The van der Waals surface area contributed by atoms with Gasteiger partial charge in [-0.05, 0) is 91.2 Å². The molecule has 2 aromatic carbocycles. The van der Waals surface area contributed by atoms with E-state index in [-0.39, 0.29) is 11.5 Å². The Morgan fingerprint density at radius 2 is 1.50 bits per heavy atom. The predicted molar refractivity (Wildman–Crippen MR) is 110 cm³/mol. The summed E-state index contributed by atoms with van der Waals surface area (Å²) in [5.41, 5.74) is -0.0409. The van der Waals surface area contributed by atoms with Crippen LogP contribution in [0.2, 0.25) is 0 Å². The van der Waals surface area contributed by atoms with Gasteiger partial charge < -0.3 is 4.74 Å². The number of rotatable bonds is 4. The van der Waals surface area contributed by atoms with Gasteiger partial charge in [0.1, 0.15) is 11.6 Å². The van der Waals surface area contributed by atoms with Crippen molar-refractivity contribution in [2.24, 2.45) is 17.8 Å². The van der Waals surface area contributed by atoms with Crippen molar-refractivity contribution in [3.8, 4) is 16.9 Å². The summed E-state index contributed by atoms with van der Waals surface area (Å²) in [7, 11) is 0. The van der Waals surface area contributed by atoms with E-state index in [1.807, 2.05) is 0 Å². The van der Waals surface area contributed by atoms with Crippen LogP contribution in [0.25, 0.3) is 11.1 Å². The molecule has 174 valence electrons. The molecule has 0 spiro atoms. The van der Waals surface area contributed by atoms with E-state index < -0.39 is 35.1 Å². The number of ether oxygens (including phenoxy) is 1. The Morgan fingerprint density at radius 1 is 0.844 bits per heavy atom. The van der Waals surface area contributed by atoms with E-state index in [1.165, 1.54) is 31.4 Å². The van der Waals surface area contributed by atoms with Crippen molar-refractivity contribution in [3.63, 3.8) is 0 Å². The van der Waals surface area contributed by atoms with Gasteiger partial charge in [0.15, 0.2) is 11.6 Å². The highest BCUT2D eigenvalue weighted by atomic mass is 19.4. The van der Waals surface area contributed by atoms with Crippen molar-refractivity contribution in [3.05, 3.63) is 53.3 Å². The molecule has 0 N–H and O–H groups in total. The van der Waals surface area contributed by atoms with E-state index in [1.54, 1.807) is 0 Å². The summed E-state index contributed by atoms with van der Waals surface area (Å²) in [6.07, 6.45) is 2.62. The van der Waals surface area contributed by atoms with Gasteiger partial charge >= 0.3 is 6.36 Å². The van der Waals surface area contributed by atoms with Gasteiger partial charge in [0, 0.05) is 0 Å². The number of hydrogen-bond acceptors (Lipinski definition) is 1. The lowest BCUT2D eigenvalue weighted by atomic mass is 9.63. The Hall–Kier alpha value is -2.18. The number of benzene rings is 2. The third-order valence-electron chi connectivity index (χ3n) is 7.28. The molecule has 2 aromatic rings. The number of alkyl halides is 3. The van der Waals surface area contributed by atoms with Crippen LogP contribution in [0.1, 0.15) is 63.4 Å². The summed E-state index contributed by atoms with van der Waals surface area (Å²) in [6, 6.07) is 4.97. The molecule has 2 aliphatic carbocycles. The van der Waals surface area contributed by atoms with Crippen LogP contribution in [0, 0.1) is 35.2 Å². The molecule has 0 bridgehead atoms. The average Bonchev–Trinajstić information content (AvgIpc) is 2.73. The first-order chi connectivity index (χ1) is 15.1. The van der Waals surface area contributed by atoms with Crippen LogP contribution < -0.4 is 4.74 Å². The molecule has 7 heteroatoms. The second-order valence-electron chi connectivity index (χ2n) is 9.17. The summed E-state index contributed by atoms with van der Waals surface area (Å²) in [4.78, 5) is 0. The smallest absolute Gasteiger partial charge is 0.403 e. The SMILES string of the molecule is CCC1CCC2CC(c3cc(F)c(-c4ccc(OC(F)(F)F)c(F)c4)c(F)c3)CCC2C1. The molecule has 2 saturated carbocycles. The monoisotopic (exact) mass is 456 g/mol. The first-order valence-electron chi connectivity index (χ1n) is 11.2. The van der Waals surface area contributed by atoms with Crippen molar-refractivity contribution in [1.29, 1.82) is 0 Å². The highest BCUT2D eigenvalue weighted by Crippen LogP contribution is 2.48. The summed E-state index contributed by atoms with van der Waals surface area (Å²) >= 11 is 0. The fourth-order valence-electron chi connectivity index (χ4n) is 5.63. The molecule has 2 fully saturated rings. The molecule has 32 heavy (non-hydrogen) atoms. The minimum atomic E-state index is -5.06. The third kappa shape index (κ3) is 4.91. The van der Waals surface area contributed by atoms with Crippen LogP contribution in [-0.4, -0.2) is 6.36 Å². The summed E-state index contributed by atoms with van der Waals surface area (Å²) in [5.74, 6) is -1.95. The number of halogens is 6. The van der Waals surface area contributed by atoms with Gasteiger partial charge in [0.25, 0.3) is 0 Å². The standard InChI is InChI=1S/C25H26F6O/c1-2-14-3-4-16-10-17(6-5-15(16)9-14)19-12-21(27)24(22(28)13-19)18-7-8-23(20(26)11-18)32-25(29,30)31/h7-8,11-17H,2-6,9-10H2,1H3. The Kier molecular flexibility index (Phi) is 6.46. The highest BCUT2D eigenvalue weighted by molar-refractivity contribution is 5.66. The van der Waals surface area contributed by atoms with Crippen LogP contribution in [-0.2, 0) is 0 Å². The minimum Gasteiger partial charge on any atom is -0.403 e. The Balaban J connectivity index is 1.54. The molecule has 4 atom stereocenters.